The second kappa shape index (κ2) is 4.78. The Morgan fingerprint density at radius 3 is 2.70 bits per heavy atom. The smallest absolute Gasteiger partial charge is 0.326 e. The summed E-state index contributed by atoms with van der Waals surface area (Å²) in [5, 5.41) is 10.6. The molecule has 1 atom stereocenters. The number of amides is 1. The van der Waals surface area contributed by atoms with Gasteiger partial charge in [-0.05, 0) is 6.42 Å². The Hall–Kier alpha value is -1.06. The van der Waals surface area contributed by atoms with Gasteiger partial charge in [-0.1, -0.05) is 13.3 Å². The van der Waals surface area contributed by atoms with Crippen molar-refractivity contribution in [2.24, 2.45) is 0 Å². The average Bonchev–Trinajstić information content (AvgIpc) is 1.87. The molecule has 0 aromatic rings. The van der Waals surface area contributed by atoms with Gasteiger partial charge in [-0.25, -0.2) is 4.79 Å². The minimum atomic E-state index is -0.978. The molecule has 0 spiro atoms. The van der Waals surface area contributed by atoms with Crippen LogP contribution >= 0.6 is 0 Å². The fraction of sp³-hybridized carbons (Fsp3) is 0.667. The van der Waals surface area contributed by atoms with Crippen LogP contribution < -0.4 is 5.32 Å². The van der Waals surface area contributed by atoms with Crippen molar-refractivity contribution < 1.29 is 14.7 Å². The summed E-state index contributed by atoms with van der Waals surface area (Å²) in [7, 11) is 0. The van der Waals surface area contributed by atoms with Crippen LogP contribution in [-0.4, -0.2) is 23.5 Å². The Labute approximate surface area is 59.2 Å². The molecule has 10 heavy (non-hydrogen) atoms. The molecule has 0 radical (unpaired) electrons. The molecule has 0 aromatic carbocycles. The van der Waals surface area contributed by atoms with Gasteiger partial charge >= 0.3 is 5.97 Å². The van der Waals surface area contributed by atoms with E-state index in [1.807, 2.05) is 6.92 Å². The highest BCUT2D eigenvalue weighted by Crippen LogP contribution is 1.94. The fourth-order valence-electron chi connectivity index (χ4n) is 0.649. The lowest BCUT2D eigenvalue weighted by atomic mass is 10.2. The van der Waals surface area contributed by atoms with Gasteiger partial charge in [0.1, 0.15) is 6.04 Å². The molecular formula is C6H11NO3. The predicted octanol–water partition coefficient (Wildman–Crippen LogP) is -0.0143. The summed E-state index contributed by atoms with van der Waals surface area (Å²) in [5.41, 5.74) is 0. The third-order valence-corrected chi connectivity index (χ3v) is 1.14. The number of carbonyl (C=O) groups excluding carboxylic acids is 1. The lowest BCUT2D eigenvalue weighted by Gasteiger charge is -2.07. The van der Waals surface area contributed by atoms with Crippen molar-refractivity contribution in [3.05, 3.63) is 0 Å². The van der Waals surface area contributed by atoms with Gasteiger partial charge < -0.3 is 10.4 Å². The Morgan fingerprint density at radius 1 is 1.80 bits per heavy atom. The van der Waals surface area contributed by atoms with E-state index in [-0.39, 0.29) is 0 Å². The zero-order chi connectivity index (χ0) is 7.98. The van der Waals surface area contributed by atoms with Crippen molar-refractivity contribution in [3.63, 3.8) is 0 Å². The summed E-state index contributed by atoms with van der Waals surface area (Å²) in [5.74, 6) is -0.978. The van der Waals surface area contributed by atoms with Crippen molar-refractivity contribution in [2.75, 3.05) is 0 Å². The van der Waals surface area contributed by atoms with Gasteiger partial charge in [-0.3, -0.25) is 4.79 Å². The molecule has 0 bridgehead atoms. The molecule has 0 aliphatic rings. The second-order valence-corrected chi connectivity index (χ2v) is 1.96. The molecule has 0 aromatic heterocycles. The number of carbonyl (C=O) groups is 2. The summed E-state index contributed by atoms with van der Waals surface area (Å²) in [6.07, 6.45) is 1.64. The number of hydrogen-bond donors (Lipinski definition) is 2. The molecule has 0 unspecified atom stereocenters. The summed E-state index contributed by atoms with van der Waals surface area (Å²) in [6, 6.07) is -0.720. The molecule has 0 aliphatic heterocycles. The largest absolute Gasteiger partial charge is 0.480 e. The highest BCUT2D eigenvalue weighted by molar-refractivity contribution is 5.76. The van der Waals surface area contributed by atoms with E-state index in [9.17, 15) is 9.59 Å². The molecule has 0 fully saturated rings. The van der Waals surface area contributed by atoms with Crippen LogP contribution in [0.1, 0.15) is 19.8 Å². The number of carboxylic acid groups (broad SMARTS) is 1. The van der Waals surface area contributed by atoms with Gasteiger partial charge in [0.2, 0.25) is 6.41 Å². The minimum absolute atomic E-state index is 0.411. The van der Waals surface area contributed by atoms with E-state index in [0.717, 1.165) is 6.42 Å². The SMILES string of the molecule is CCC[C@@H](NC=O)C(=O)O. The van der Waals surface area contributed by atoms with Crippen molar-refractivity contribution in [1.29, 1.82) is 0 Å². The van der Waals surface area contributed by atoms with E-state index in [1.165, 1.54) is 0 Å². The lowest BCUT2D eigenvalue weighted by Crippen LogP contribution is -2.35. The van der Waals surface area contributed by atoms with Gasteiger partial charge in [-0.15, -0.1) is 0 Å². The Bertz CT molecular complexity index is 124. The third kappa shape index (κ3) is 3.06. The summed E-state index contributed by atoms with van der Waals surface area (Å²) in [6.45, 7) is 1.86. The van der Waals surface area contributed by atoms with Crippen LogP contribution in [0.2, 0.25) is 0 Å². The van der Waals surface area contributed by atoms with Gasteiger partial charge in [0.25, 0.3) is 0 Å². The number of nitrogens with one attached hydrogen (secondary N) is 1. The Kier molecular flexibility index (Phi) is 4.28. The first kappa shape index (κ1) is 8.94. The van der Waals surface area contributed by atoms with Crippen LogP contribution in [0.4, 0.5) is 0 Å². The van der Waals surface area contributed by atoms with Crippen molar-refractivity contribution in [3.8, 4) is 0 Å². The van der Waals surface area contributed by atoms with Crippen molar-refractivity contribution in [1.82, 2.24) is 5.32 Å². The molecule has 0 saturated heterocycles. The maximum absolute atomic E-state index is 10.3. The number of hydrogen-bond acceptors (Lipinski definition) is 2. The second-order valence-electron chi connectivity index (χ2n) is 1.96. The Balaban J connectivity index is 3.71. The van der Waals surface area contributed by atoms with Crippen molar-refractivity contribution >= 4 is 12.4 Å². The molecule has 0 saturated carbocycles. The zero-order valence-electron chi connectivity index (χ0n) is 5.83. The Morgan fingerprint density at radius 2 is 2.40 bits per heavy atom. The van der Waals surface area contributed by atoms with Gasteiger partial charge in [0.05, 0.1) is 0 Å². The monoisotopic (exact) mass is 145 g/mol. The quantitative estimate of drug-likeness (QED) is 0.534. The minimum Gasteiger partial charge on any atom is -0.480 e. The standard InChI is InChI=1S/C6H11NO3/c1-2-3-5(6(9)10)7-4-8/h4-5H,2-3H2,1H3,(H,7,8)(H,9,10)/t5-/m1/s1. The first-order valence-electron chi connectivity index (χ1n) is 3.14. The van der Waals surface area contributed by atoms with Gasteiger partial charge in [0, 0.05) is 0 Å². The number of aliphatic carboxylic acids is 1. The van der Waals surface area contributed by atoms with E-state index in [1.54, 1.807) is 0 Å². The predicted molar refractivity (Wildman–Crippen MR) is 35.5 cm³/mol. The third-order valence-electron chi connectivity index (χ3n) is 1.14. The number of carboxylic acids is 1. The molecule has 0 rings (SSSR count). The highest BCUT2D eigenvalue weighted by Gasteiger charge is 2.13. The van der Waals surface area contributed by atoms with Crippen LogP contribution in [0, 0.1) is 0 Å². The molecule has 2 N–H and O–H groups in total. The summed E-state index contributed by atoms with van der Waals surface area (Å²) < 4.78 is 0. The van der Waals surface area contributed by atoms with E-state index >= 15 is 0 Å². The maximum Gasteiger partial charge on any atom is 0.326 e. The van der Waals surface area contributed by atoms with Crippen LogP contribution in [0.15, 0.2) is 0 Å². The average molecular weight is 145 g/mol. The number of rotatable bonds is 5. The molecule has 4 nitrogen and oxygen atoms in total. The van der Waals surface area contributed by atoms with Gasteiger partial charge in [0.15, 0.2) is 0 Å². The lowest BCUT2D eigenvalue weighted by molar-refractivity contribution is -0.140. The van der Waals surface area contributed by atoms with E-state index in [0.29, 0.717) is 12.8 Å². The van der Waals surface area contributed by atoms with E-state index in [2.05, 4.69) is 5.32 Å². The maximum atomic E-state index is 10.3. The van der Waals surface area contributed by atoms with Crippen LogP contribution in [0.5, 0.6) is 0 Å². The molecule has 58 valence electrons. The molecule has 0 heterocycles. The topological polar surface area (TPSA) is 66.4 Å². The molecule has 0 aliphatic carbocycles. The fourth-order valence-corrected chi connectivity index (χ4v) is 0.649. The van der Waals surface area contributed by atoms with Crippen molar-refractivity contribution in [2.45, 2.75) is 25.8 Å². The molecular weight excluding hydrogens is 134 g/mol. The van der Waals surface area contributed by atoms with Crippen LogP contribution in [-0.2, 0) is 9.59 Å². The van der Waals surface area contributed by atoms with Crippen LogP contribution in [0.25, 0.3) is 0 Å². The molecule has 1 amide bonds. The first-order chi connectivity index (χ1) is 4.72. The van der Waals surface area contributed by atoms with E-state index < -0.39 is 12.0 Å². The summed E-state index contributed by atoms with van der Waals surface area (Å²) in [4.78, 5) is 20.1. The zero-order valence-corrected chi connectivity index (χ0v) is 5.83. The first-order valence-corrected chi connectivity index (χ1v) is 3.14. The summed E-state index contributed by atoms with van der Waals surface area (Å²) >= 11 is 0. The van der Waals surface area contributed by atoms with Gasteiger partial charge in [-0.2, -0.15) is 0 Å². The normalized spacial score (nSPS) is 12.1. The molecule has 4 heteroatoms. The van der Waals surface area contributed by atoms with E-state index in [4.69, 9.17) is 5.11 Å². The van der Waals surface area contributed by atoms with Crippen LogP contribution in [0.3, 0.4) is 0 Å². The highest BCUT2D eigenvalue weighted by atomic mass is 16.4.